The van der Waals surface area contributed by atoms with Crippen molar-refractivity contribution in [1.82, 2.24) is 0 Å². The molecule has 0 bridgehead atoms. The molecule has 5 nitrogen and oxygen atoms in total. The summed E-state index contributed by atoms with van der Waals surface area (Å²) < 4.78 is 10.7. The molecule has 0 saturated heterocycles. The lowest BCUT2D eigenvalue weighted by Gasteiger charge is -2.11. The number of hydrazone groups is 1. The van der Waals surface area contributed by atoms with Crippen LogP contribution in [-0.4, -0.2) is 18.4 Å². The number of hydrogen-bond donors (Lipinski definition) is 0. The largest absolute Gasteiger partial charge is 0.454 e. The number of rotatable bonds is 2. The monoisotopic (exact) mass is 340 g/mol. The van der Waals surface area contributed by atoms with Crippen LogP contribution in [0.5, 0.6) is 11.5 Å². The van der Waals surface area contributed by atoms with Crippen LogP contribution in [-0.2, 0) is 4.79 Å². The molecule has 0 saturated carbocycles. The SMILES string of the molecule is CC1=NN(c2ccccc2)C(=O)C1=Cc1cc2c(cc1Cl)OCO2. The summed E-state index contributed by atoms with van der Waals surface area (Å²) in [5.74, 6) is 1.04. The molecule has 0 unspecified atom stereocenters. The van der Waals surface area contributed by atoms with E-state index in [1.54, 1.807) is 25.1 Å². The summed E-state index contributed by atoms with van der Waals surface area (Å²) >= 11 is 6.29. The van der Waals surface area contributed by atoms with Crippen molar-refractivity contribution in [1.29, 1.82) is 0 Å². The number of carbonyl (C=O) groups excluding carboxylic acids is 1. The number of hydrogen-bond acceptors (Lipinski definition) is 4. The van der Waals surface area contributed by atoms with Crippen LogP contribution in [0.25, 0.3) is 6.08 Å². The average molecular weight is 341 g/mol. The maximum atomic E-state index is 12.7. The van der Waals surface area contributed by atoms with Gasteiger partial charge in [0, 0.05) is 6.07 Å². The van der Waals surface area contributed by atoms with E-state index < -0.39 is 0 Å². The molecule has 24 heavy (non-hydrogen) atoms. The molecule has 6 heteroatoms. The minimum atomic E-state index is -0.188. The zero-order chi connectivity index (χ0) is 16.7. The second-order valence-corrected chi connectivity index (χ2v) is 5.83. The highest BCUT2D eigenvalue weighted by molar-refractivity contribution is 6.35. The molecule has 2 aliphatic rings. The Morgan fingerprint density at radius 3 is 2.62 bits per heavy atom. The van der Waals surface area contributed by atoms with E-state index in [1.165, 1.54) is 5.01 Å². The summed E-state index contributed by atoms with van der Waals surface area (Å²) in [6, 6.07) is 12.8. The standard InChI is InChI=1S/C18H13ClN2O3/c1-11-14(18(22)21(20-11)13-5-3-2-4-6-13)7-12-8-16-17(9-15(12)19)24-10-23-16/h2-9H,10H2,1H3. The molecule has 2 aromatic carbocycles. The lowest BCUT2D eigenvalue weighted by molar-refractivity contribution is -0.114. The van der Waals surface area contributed by atoms with Gasteiger partial charge in [0.15, 0.2) is 11.5 Å². The first-order valence-electron chi connectivity index (χ1n) is 7.39. The number of para-hydroxylation sites is 1. The highest BCUT2D eigenvalue weighted by Gasteiger charge is 2.29. The normalized spacial score (nSPS) is 17.6. The fraction of sp³-hybridized carbons (Fsp3) is 0.111. The Morgan fingerprint density at radius 2 is 1.88 bits per heavy atom. The summed E-state index contributed by atoms with van der Waals surface area (Å²) in [5, 5.41) is 6.23. The van der Waals surface area contributed by atoms with E-state index in [9.17, 15) is 4.79 Å². The van der Waals surface area contributed by atoms with E-state index in [0.29, 0.717) is 33.4 Å². The zero-order valence-electron chi connectivity index (χ0n) is 12.8. The number of carbonyl (C=O) groups is 1. The number of ether oxygens (including phenoxy) is 2. The van der Waals surface area contributed by atoms with Gasteiger partial charge in [-0.15, -0.1) is 0 Å². The third kappa shape index (κ3) is 2.43. The Morgan fingerprint density at radius 1 is 1.17 bits per heavy atom. The van der Waals surface area contributed by atoms with Crippen molar-refractivity contribution in [3.8, 4) is 11.5 Å². The Bertz CT molecular complexity index is 891. The van der Waals surface area contributed by atoms with Crippen molar-refractivity contribution in [2.75, 3.05) is 11.8 Å². The van der Waals surface area contributed by atoms with Gasteiger partial charge in [0.1, 0.15) is 0 Å². The minimum absolute atomic E-state index is 0.174. The highest BCUT2D eigenvalue weighted by atomic mass is 35.5. The minimum Gasteiger partial charge on any atom is -0.454 e. The fourth-order valence-corrected chi connectivity index (χ4v) is 2.84. The Hall–Kier alpha value is -2.79. The van der Waals surface area contributed by atoms with Crippen molar-refractivity contribution in [3.05, 3.63) is 58.6 Å². The highest BCUT2D eigenvalue weighted by Crippen LogP contribution is 2.38. The van der Waals surface area contributed by atoms with Crippen molar-refractivity contribution in [3.63, 3.8) is 0 Å². The summed E-state index contributed by atoms with van der Waals surface area (Å²) in [7, 11) is 0. The lowest BCUT2D eigenvalue weighted by atomic mass is 10.1. The van der Waals surface area contributed by atoms with Gasteiger partial charge in [-0.1, -0.05) is 29.8 Å². The summed E-state index contributed by atoms with van der Waals surface area (Å²) in [5.41, 5.74) is 2.55. The van der Waals surface area contributed by atoms with Gasteiger partial charge in [0.2, 0.25) is 6.79 Å². The smallest absolute Gasteiger partial charge is 0.280 e. The number of nitrogens with zero attached hydrogens (tertiary/aromatic N) is 2. The molecular formula is C18H13ClN2O3. The molecular weight excluding hydrogens is 328 g/mol. The fourth-order valence-electron chi connectivity index (χ4n) is 2.63. The predicted octanol–water partition coefficient (Wildman–Crippen LogP) is 3.87. The molecule has 0 atom stereocenters. The van der Waals surface area contributed by atoms with Gasteiger partial charge in [-0.25, -0.2) is 0 Å². The molecule has 2 heterocycles. The van der Waals surface area contributed by atoms with Crippen molar-refractivity contribution >= 4 is 35.0 Å². The molecule has 1 amide bonds. The lowest BCUT2D eigenvalue weighted by Crippen LogP contribution is -2.21. The predicted molar refractivity (Wildman–Crippen MR) is 92.6 cm³/mol. The van der Waals surface area contributed by atoms with Gasteiger partial charge >= 0.3 is 0 Å². The summed E-state index contributed by atoms with van der Waals surface area (Å²) in [6.45, 7) is 1.97. The van der Waals surface area contributed by atoms with Crippen molar-refractivity contribution in [2.24, 2.45) is 5.10 Å². The van der Waals surface area contributed by atoms with Gasteiger partial charge in [-0.05, 0) is 36.8 Å². The van der Waals surface area contributed by atoms with Crippen LogP contribution in [0.1, 0.15) is 12.5 Å². The van der Waals surface area contributed by atoms with E-state index >= 15 is 0 Å². The summed E-state index contributed by atoms with van der Waals surface area (Å²) in [6.07, 6.45) is 1.73. The first-order valence-corrected chi connectivity index (χ1v) is 7.77. The van der Waals surface area contributed by atoms with Crippen molar-refractivity contribution < 1.29 is 14.3 Å². The number of benzene rings is 2. The topological polar surface area (TPSA) is 51.1 Å². The van der Waals surface area contributed by atoms with E-state index in [1.807, 2.05) is 30.3 Å². The summed E-state index contributed by atoms with van der Waals surface area (Å²) in [4.78, 5) is 12.7. The van der Waals surface area contributed by atoms with Gasteiger partial charge in [-0.3, -0.25) is 4.79 Å². The molecule has 0 N–H and O–H groups in total. The molecule has 2 aliphatic heterocycles. The first-order chi connectivity index (χ1) is 11.6. The number of fused-ring (bicyclic) bond motifs is 1. The maximum absolute atomic E-state index is 12.7. The molecule has 0 spiro atoms. The second kappa shape index (κ2) is 5.69. The van der Waals surface area contributed by atoms with Gasteiger partial charge in [-0.2, -0.15) is 10.1 Å². The van der Waals surface area contributed by atoms with Crippen LogP contribution in [0.3, 0.4) is 0 Å². The van der Waals surface area contributed by atoms with E-state index in [-0.39, 0.29) is 12.7 Å². The van der Waals surface area contributed by atoms with Crippen LogP contribution in [0.15, 0.2) is 53.1 Å². The van der Waals surface area contributed by atoms with Crippen LogP contribution in [0, 0.1) is 0 Å². The zero-order valence-corrected chi connectivity index (χ0v) is 13.6. The molecule has 120 valence electrons. The van der Waals surface area contributed by atoms with Gasteiger partial charge in [0.05, 0.1) is 22.0 Å². The Labute approximate surface area is 143 Å². The van der Waals surface area contributed by atoms with Crippen LogP contribution < -0.4 is 14.5 Å². The molecule has 4 rings (SSSR count). The van der Waals surface area contributed by atoms with Crippen LogP contribution >= 0.6 is 11.6 Å². The molecule has 0 fully saturated rings. The van der Waals surface area contributed by atoms with E-state index in [4.69, 9.17) is 21.1 Å². The quantitative estimate of drug-likeness (QED) is 0.780. The molecule has 0 aliphatic carbocycles. The van der Waals surface area contributed by atoms with E-state index in [0.717, 1.165) is 5.69 Å². The maximum Gasteiger partial charge on any atom is 0.280 e. The van der Waals surface area contributed by atoms with Gasteiger partial charge in [0.25, 0.3) is 5.91 Å². The van der Waals surface area contributed by atoms with Crippen LogP contribution in [0.2, 0.25) is 5.02 Å². The number of anilines is 1. The second-order valence-electron chi connectivity index (χ2n) is 5.42. The number of halogens is 1. The first kappa shape index (κ1) is 14.8. The van der Waals surface area contributed by atoms with Crippen LogP contribution in [0.4, 0.5) is 5.69 Å². The Kier molecular flexibility index (Phi) is 3.50. The third-order valence-electron chi connectivity index (χ3n) is 3.86. The molecule has 0 radical (unpaired) electrons. The van der Waals surface area contributed by atoms with E-state index in [2.05, 4.69) is 5.10 Å². The van der Waals surface area contributed by atoms with Crippen molar-refractivity contribution in [2.45, 2.75) is 6.92 Å². The third-order valence-corrected chi connectivity index (χ3v) is 4.18. The Balaban J connectivity index is 1.71. The molecule has 0 aromatic heterocycles. The molecule has 2 aromatic rings. The number of amides is 1. The van der Waals surface area contributed by atoms with Gasteiger partial charge < -0.3 is 9.47 Å². The average Bonchev–Trinajstić information content (AvgIpc) is 3.14.